The molecule has 1 aromatic heterocycles. The van der Waals surface area contributed by atoms with Gasteiger partial charge in [-0.25, -0.2) is 0 Å². The highest BCUT2D eigenvalue weighted by molar-refractivity contribution is 9.12. The van der Waals surface area contributed by atoms with Crippen LogP contribution in [0.25, 0.3) is 0 Å². The van der Waals surface area contributed by atoms with Crippen LogP contribution in [0.15, 0.2) is 31.8 Å². The summed E-state index contributed by atoms with van der Waals surface area (Å²) in [7, 11) is 0. The van der Waals surface area contributed by atoms with Crippen molar-refractivity contribution in [1.82, 2.24) is 4.90 Å². The van der Waals surface area contributed by atoms with Crippen molar-refractivity contribution in [3.8, 4) is 0 Å². The van der Waals surface area contributed by atoms with Gasteiger partial charge in [-0.2, -0.15) is 0 Å². The van der Waals surface area contributed by atoms with E-state index in [0.717, 1.165) is 18.8 Å². The molecule has 3 rings (SSSR count). The lowest BCUT2D eigenvalue weighted by Crippen LogP contribution is -2.25. The predicted octanol–water partition coefficient (Wildman–Crippen LogP) is 4.01. The topological polar surface area (TPSA) is 46.3 Å². The SMILES string of the molecule is Nc1ccc2c(c1)CN(C(=O)c1cc(Br)sc1Br)C2. The summed E-state index contributed by atoms with van der Waals surface area (Å²) in [6, 6.07) is 7.68. The van der Waals surface area contributed by atoms with E-state index in [9.17, 15) is 4.79 Å². The number of benzene rings is 1. The van der Waals surface area contributed by atoms with Crippen LogP contribution in [0.3, 0.4) is 0 Å². The van der Waals surface area contributed by atoms with Crippen molar-refractivity contribution in [3.05, 3.63) is 48.5 Å². The second-order valence-corrected chi connectivity index (χ2v) is 8.18. The van der Waals surface area contributed by atoms with Gasteiger partial charge >= 0.3 is 0 Å². The number of nitrogens with zero attached hydrogens (tertiary/aromatic N) is 1. The molecule has 0 fully saturated rings. The van der Waals surface area contributed by atoms with E-state index < -0.39 is 0 Å². The molecule has 2 N–H and O–H groups in total. The van der Waals surface area contributed by atoms with Crippen molar-refractivity contribution >= 4 is 54.8 Å². The number of nitrogens with two attached hydrogens (primary N) is 1. The second-order valence-electron chi connectivity index (χ2n) is 4.43. The lowest BCUT2D eigenvalue weighted by molar-refractivity contribution is 0.0751. The second kappa shape index (κ2) is 4.92. The fourth-order valence-electron chi connectivity index (χ4n) is 2.21. The maximum Gasteiger partial charge on any atom is 0.256 e. The Morgan fingerprint density at radius 1 is 1.21 bits per heavy atom. The Balaban J connectivity index is 1.87. The minimum atomic E-state index is 0.0450. The quantitative estimate of drug-likeness (QED) is 0.733. The third-order valence-corrected chi connectivity index (χ3v) is 5.47. The normalized spacial score (nSPS) is 13.7. The third-order valence-electron chi connectivity index (χ3n) is 3.13. The summed E-state index contributed by atoms with van der Waals surface area (Å²) in [5, 5.41) is 0. The molecule has 1 amide bonds. The molecule has 98 valence electrons. The van der Waals surface area contributed by atoms with E-state index in [4.69, 9.17) is 5.73 Å². The van der Waals surface area contributed by atoms with Gasteiger partial charge in [0.15, 0.2) is 0 Å². The van der Waals surface area contributed by atoms with E-state index in [0.29, 0.717) is 18.7 Å². The summed E-state index contributed by atoms with van der Waals surface area (Å²) in [6.07, 6.45) is 0. The number of carbonyl (C=O) groups is 1. The molecule has 0 unspecified atom stereocenters. The van der Waals surface area contributed by atoms with Crippen molar-refractivity contribution in [2.24, 2.45) is 0 Å². The molecule has 2 heterocycles. The first-order valence-corrected chi connectivity index (χ1v) is 8.06. The molecule has 0 bridgehead atoms. The number of halogens is 2. The summed E-state index contributed by atoms with van der Waals surface area (Å²) in [5.41, 5.74) is 9.54. The van der Waals surface area contributed by atoms with Gasteiger partial charge in [0.1, 0.15) is 0 Å². The maximum absolute atomic E-state index is 12.5. The Labute approximate surface area is 131 Å². The van der Waals surface area contributed by atoms with Crippen LogP contribution in [0.1, 0.15) is 21.5 Å². The monoisotopic (exact) mass is 400 g/mol. The molecule has 1 aromatic carbocycles. The van der Waals surface area contributed by atoms with Gasteiger partial charge in [0.05, 0.1) is 13.1 Å². The average molecular weight is 402 g/mol. The van der Waals surface area contributed by atoms with Crippen molar-refractivity contribution in [1.29, 1.82) is 0 Å². The number of amides is 1. The van der Waals surface area contributed by atoms with Crippen molar-refractivity contribution in [2.45, 2.75) is 13.1 Å². The zero-order valence-electron chi connectivity index (χ0n) is 9.82. The Morgan fingerprint density at radius 3 is 2.63 bits per heavy atom. The molecule has 0 aliphatic carbocycles. The first-order valence-electron chi connectivity index (χ1n) is 5.66. The standard InChI is InChI=1S/C13H10Br2N2OS/c14-11-4-10(12(15)19-11)13(18)17-5-7-1-2-9(16)3-8(7)6-17/h1-4H,5-6,16H2. The van der Waals surface area contributed by atoms with E-state index in [-0.39, 0.29) is 5.91 Å². The fraction of sp³-hybridized carbons (Fsp3) is 0.154. The average Bonchev–Trinajstić information content (AvgIpc) is 2.91. The number of nitrogen functional groups attached to an aromatic ring is 1. The van der Waals surface area contributed by atoms with Gasteiger partial charge in [-0.15, -0.1) is 11.3 Å². The van der Waals surface area contributed by atoms with Gasteiger partial charge in [0.25, 0.3) is 5.91 Å². The van der Waals surface area contributed by atoms with Crippen LogP contribution < -0.4 is 5.73 Å². The van der Waals surface area contributed by atoms with Crippen LogP contribution in [0.2, 0.25) is 0 Å². The molecule has 0 saturated carbocycles. The molecule has 2 aromatic rings. The smallest absolute Gasteiger partial charge is 0.256 e. The lowest BCUT2D eigenvalue weighted by atomic mass is 10.1. The number of hydrogen-bond donors (Lipinski definition) is 1. The Hall–Kier alpha value is -0.850. The van der Waals surface area contributed by atoms with Gasteiger partial charge in [-0.3, -0.25) is 4.79 Å². The highest BCUT2D eigenvalue weighted by atomic mass is 79.9. The number of anilines is 1. The van der Waals surface area contributed by atoms with E-state index in [1.54, 1.807) is 0 Å². The summed E-state index contributed by atoms with van der Waals surface area (Å²) in [6.45, 7) is 1.27. The first-order chi connectivity index (χ1) is 9.04. The molecule has 1 aliphatic rings. The highest BCUT2D eigenvalue weighted by Crippen LogP contribution is 2.34. The Morgan fingerprint density at radius 2 is 1.95 bits per heavy atom. The summed E-state index contributed by atoms with van der Waals surface area (Å²) in [4.78, 5) is 14.3. The summed E-state index contributed by atoms with van der Waals surface area (Å²) in [5.74, 6) is 0.0450. The largest absolute Gasteiger partial charge is 0.399 e. The molecule has 3 nitrogen and oxygen atoms in total. The summed E-state index contributed by atoms with van der Waals surface area (Å²) < 4.78 is 1.81. The van der Waals surface area contributed by atoms with Crippen LogP contribution in [0.5, 0.6) is 0 Å². The number of rotatable bonds is 1. The molecular weight excluding hydrogens is 392 g/mol. The maximum atomic E-state index is 12.5. The molecule has 6 heteroatoms. The van der Waals surface area contributed by atoms with Crippen LogP contribution in [-0.2, 0) is 13.1 Å². The fourth-order valence-corrected chi connectivity index (χ4v) is 4.99. The highest BCUT2D eigenvalue weighted by Gasteiger charge is 2.26. The van der Waals surface area contributed by atoms with Crippen molar-refractivity contribution in [3.63, 3.8) is 0 Å². The van der Waals surface area contributed by atoms with Gasteiger partial charge < -0.3 is 10.6 Å². The number of carbonyl (C=O) groups excluding carboxylic acids is 1. The molecule has 0 radical (unpaired) electrons. The third kappa shape index (κ3) is 2.44. The van der Waals surface area contributed by atoms with Crippen molar-refractivity contribution in [2.75, 3.05) is 5.73 Å². The number of thiophene rings is 1. The molecule has 0 saturated heterocycles. The number of hydrogen-bond acceptors (Lipinski definition) is 3. The minimum absolute atomic E-state index is 0.0450. The predicted molar refractivity (Wildman–Crippen MR) is 84.2 cm³/mol. The van der Waals surface area contributed by atoms with Crippen molar-refractivity contribution < 1.29 is 4.79 Å². The molecule has 0 atom stereocenters. The Bertz CT molecular complexity index is 669. The van der Waals surface area contributed by atoms with E-state index in [1.165, 1.54) is 16.9 Å². The van der Waals surface area contributed by atoms with E-state index >= 15 is 0 Å². The zero-order chi connectivity index (χ0) is 13.6. The van der Waals surface area contributed by atoms with Crippen LogP contribution in [0, 0.1) is 0 Å². The van der Waals surface area contributed by atoms with Crippen LogP contribution in [0.4, 0.5) is 5.69 Å². The van der Waals surface area contributed by atoms with E-state index in [1.807, 2.05) is 29.2 Å². The number of fused-ring (bicyclic) bond motifs is 1. The van der Waals surface area contributed by atoms with Crippen LogP contribution >= 0.6 is 43.2 Å². The van der Waals surface area contributed by atoms with Gasteiger partial charge in [-0.05, 0) is 61.2 Å². The van der Waals surface area contributed by atoms with E-state index in [2.05, 4.69) is 31.9 Å². The minimum Gasteiger partial charge on any atom is -0.399 e. The molecular formula is C13H10Br2N2OS. The summed E-state index contributed by atoms with van der Waals surface area (Å²) >= 11 is 8.34. The first kappa shape index (κ1) is 13.1. The van der Waals surface area contributed by atoms with Crippen LogP contribution in [-0.4, -0.2) is 10.8 Å². The van der Waals surface area contributed by atoms with Gasteiger partial charge in [-0.1, -0.05) is 6.07 Å². The Kier molecular flexibility index (Phi) is 3.41. The lowest BCUT2D eigenvalue weighted by Gasteiger charge is -2.14. The molecule has 19 heavy (non-hydrogen) atoms. The van der Waals surface area contributed by atoms with Gasteiger partial charge in [0, 0.05) is 18.8 Å². The molecule has 0 spiro atoms. The molecule has 1 aliphatic heterocycles. The van der Waals surface area contributed by atoms with Gasteiger partial charge in [0.2, 0.25) is 0 Å². The zero-order valence-corrected chi connectivity index (χ0v) is 13.8.